The zero-order chi connectivity index (χ0) is 24.7. The van der Waals surface area contributed by atoms with E-state index in [1.807, 2.05) is 6.07 Å². The van der Waals surface area contributed by atoms with Gasteiger partial charge in [0.25, 0.3) is 0 Å². The molecule has 2 saturated carbocycles. The molecule has 1 N–H and O–H groups in total. The van der Waals surface area contributed by atoms with Crippen LogP contribution in [0.1, 0.15) is 61.6 Å². The van der Waals surface area contributed by atoms with Gasteiger partial charge in [0.1, 0.15) is 25.4 Å². The molecule has 3 aliphatic carbocycles. The maximum atomic E-state index is 13.6. The lowest BCUT2D eigenvalue weighted by molar-refractivity contribution is 0.101. The van der Waals surface area contributed by atoms with Crippen molar-refractivity contribution in [2.75, 3.05) is 14.2 Å². The zero-order valence-corrected chi connectivity index (χ0v) is 20.2. The van der Waals surface area contributed by atoms with Crippen LogP contribution in [0.25, 0.3) is 0 Å². The SMILES string of the molecule is CO/N=C1/CC[C@H]2[C@@H]3C/C(=N\OCc4cc(F)cc(F)c4)c4cc(O)c(OC)cc4[C@H]3CC[C@]12C. The molecule has 186 valence electrons. The van der Waals surface area contributed by atoms with E-state index in [2.05, 4.69) is 17.2 Å². The summed E-state index contributed by atoms with van der Waals surface area (Å²) in [5, 5.41) is 19.3. The smallest absolute Gasteiger partial charge is 0.160 e. The van der Waals surface area contributed by atoms with Gasteiger partial charge in [-0.2, -0.15) is 0 Å². The van der Waals surface area contributed by atoms with Gasteiger partial charge in [-0.25, -0.2) is 8.78 Å². The maximum Gasteiger partial charge on any atom is 0.160 e. The second-order valence-corrected chi connectivity index (χ2v) is 10.00. The Hall–Kier alpha value is -3.16. The molecule has 0 aromatic heterocycles. The molecule has 0 radical (unpaired) electrons. The Morgan fingerprint density at radius 1 is 1.06 bits per heavy atom. The number of ether oxygens (including phenoxy) is 1. The molecule has 0 bridgehead atoms. The molecule has 0 saturated heterocycles. The minimum Gasteiger partial charge on any atom is -0.504 e. The standard InChI is InChI=1S/C27H30F2N2O4/c1-27-7-6-18-19-13-25(33-2)24(32)12-21(19)23(11-20(18)22(27)4-5-26(27)31-34-3)30-35-14-15-8-16(28)10-17(29)9-15/h8-10,12-13,18,20,22,32H,4-7,11,14H2,1-3H3/b30-23+,31-26-/t18-,20-,22+,27+/m1/s1. The second kappa shape index (κ2) is 9.13. The van der Waals surface area contributed by atoms with Crippen LogP contribution in [0.5, 0.6) is 11.5 Å². The fourth-order valence-corrected chi connectivity index (χ4v) is 6.61. The number of halogens is 2. The van der Waals surface area contributed by atoms with Crippen LogP contribution in [0.2, 0.25) is 0 Å². The van der Waals surface area contributed by atoms with Gasteiger partial charge < -0.3 is 19.5 Å². The number of methoxy groups -OCH3 is 1. The molecule has 6 nitrogen and oxygen atoms in total. The molecule has 0 amide bonds. The average molecular weight is 485 g/mol. The fraction of sp³-hybridized carbons (Fsp3) is 0.481. The molecule has 35 heavy (non-hydrogen) atoms. The third kappa shape index (κ3) is 4.13. The summed E-state index contributed by atoms with van der Waals surface area (Å²) in [7, 11) is 3.14. The van der Waals surface area contributed by atoms with Crippen molar-refractivity contribution in [3.63, 3.8) is 0 Å². The number of fused-ring (bicyclic) bond motifs is 5. The third-order valence-corrected chi connectivity index (χ3v) is 8.20. The lowest BCUT2D eigenvalue weighted by Gasteiger charge is -2.49. The van der Waals surface area contributed by atoms with Gasteiger partial charge in [0.05, 0.1) is 18.5 Å². The van der Waals surface area contributed by atoms with Crippen molar-refractivity contribution in [1.29, 1.82) is 0 Å². The summed E-state index contributed by atoms with van der Waals surface area (Å²) in [6.45, 7) is 2.23. The molecule has 5 rings (SSSR count). The van der Waals surface area contributed by atoms with Crippen molar-refractivity contribution in [1.82, 2.24) is 0 Å². The summed E-state index contributed by atoms with van der Waals surface area (Å²) in [5.41, 5.74) is 4.11. The van der Waals surface area contributed by atoms with Crippen molar-refractivity contribution in [3.05, 3.63) is 58.7 Å². The molecule has 0 unspecified atom stereocenters. The second-order valence-electron chi connectivity index (χ2n) is 10.00. The molecule has 0 heterocycles. The van der Waals surface area contributed by atoms with Crippen molar-refractivity contribution in [2.24, 2.45) is 27.6 Å². The molecule has 4 atom stereocenters. The predicted molar refractivity (Wildman–Crippen MR) is 128 cm³/mol. The van der Waals surface area contributed by atoms with Crippen LogP contribution < -0.4 is 4.74 Å². The van der Waals surface area contributed by atoms with Gasteiger partial charge >= 0.3 is 0 Å². The van der Waals surface area contributed by atoms with Crippen LogP contribution >= 0.6 is 0 Å². The fourth-order valence-electron chi connectivity index (χ4n) is 6.61. The van der Waals surface area contributed by atoms with Crippen molar-refractivity contribution >= 4 is 11.4 Å². The van der Waals surface area contributed by atoms with E-state index < -0.39 is 11.6 Å². The van der Waals surface area contributed by atoms with Crippen molar-refractivity contribution in [3.8, 4) is 11.5 Å². The number of nitrogens with zero attached hydrogens (tertiary/aromatic N) is 2. The average Bonchev–Trinajstić information content (AvgIpc) is 3.15. The number of rotatable bonds is 5. The lowest BCUT2D eigenvalue weighted by atomic mass is 9.55. The van der Waals surface area contributed by atoms with Gasteiger partial charge in [-0.05, 0) is 85.3 Å². The molecule has 2 fully saturated rings. The highest BCUT2D eigenvalue weighted by atomic mass is 19.1. The van der Waals surface area contributed by atoms with Crippen LogP contribution in [0.3, 0.4) is 0 Å². The first-order valence-corrected chi connectivity index (χ1v) is 12.0. The molecular formula is C27H30F2N2O4. The first kappa shape index (κ1) is 23.6. The molecule has 3 aliphatic rings. The summed E-state index contributed by atoms with van der Waals surface area (Å²) in [4.78, 5) is 10.8. The highest BCUT2D eigenvalue weighted by molar-refractivity contribution is 6.04. The Morgan fingerprint density at radius 2 is 1.83 bits per heavy atom. The van der Waals surface area contributed by atoms with E-state index in [0.717, 1.165) is 54.3 Å². The van der Waals surface area contributed by atoms with Crippen LogP contribution in [0.4, 0.5) is 8.78 Å². The quantitative estimate of drug-likeness (QED) is 0.535. The number of oxime groups is 2. The predicted octanol–water partition coefficient (Wildman–Crippen LogP) is 5.92. The summed E-state index contributed by atoms with van der Waals surface area (Å²) < 4.78 is 32.5. The lowest BCUT2D eigenvalue weighted by Crippen LogP contribution is -2.43. The van der Waals surface area contributed by atoms with E-state index in [9.17, 15) is 13.9 Å². The van der Waals surface area contributed by atoms with Gasteiger partial charge in [-0.1, -0.05) is 17.2 Å². The topological polar surface area (TPSA) is 72.6 Å². The van der Waals surface area contributed by atoms with Crippen LogP contribution in [0.15, 0.2) is 40.6 Å². The first-order valence-electron chi connectivity index (χ1n) is 12.0. The number of aromatic hydroxyl groups is 1. The minimum absolute atomic E-state index is 0.0270. The molecular weight excluding hydrogens is 454 g/mol. The van der Waals surface area contributed by atoms with Crippen molar-refractivity contribution in [2.45, 2.75) is 51.6 Å². The van der Waals surface area contributed by atoms with E-state index in [1.54, 1.807) is 20.3 Å². The Labute approximate surface area is 203 Å². The van der Waals surface area contributed by atoms with E-state index >= 15 is 0 Å². The largest absolute Gasteiger partial charge is 0.504 e. The molecule has 2 aromatic rings. The third-order valence-electron chi connectivity index (χ3n) is 8.20. The highest BCUT2D eigenvalue weighted by Gasteiger charge is 2.54. The Balaban J connectivity index is 1.50. The van der Waals surface area contributed by atoms with Crippen LogP contribution in [-0.2, 0) is 16.3 Å². The van der Waals surface area contributed by atoms with Gasteiger partial charge in [0.15, 0.2) is 11.5 Å². The Bertz CT molecular complexity index is 1180. The van der Waals surface area contributed by atoms with E-state index in [0.29, 0.717) is 35.5 Å². The number of hydrogen-bond acceptors (Lipinski definition) is 6. The minimum atomic E-state index is -0.657. The Morgan fingerprint density at radius 3 is 2.54 bits per heavy atom. The number of benzene rings is 2. The number of phenols is 1. The van der Waals surface area contributed by atoms with E-state index in [4.69, 9.17) is 14.4 Å². The Kier molecular flexibility index (Phi) is 6.15. The summed E-state index contributed by atoms with van der Waals surface area (Å²) in [5.74, 6) is 0.183. The van der Waals surface area contributed by atoms with Crippen molar-refractivity contribution < 1.29 is 28.3 Å². The first-order chi connectivity index (χ1) is 16.8. The van der Waals surface area contributed by atoms with Crippen LogP contribution in [0, 0.1) is 28.9 Å². The van der Waals surface area contributed by atoms with E-state index in [-0.39, 0.29) is 17.8 Å². The van der Waals surface area contributed by atoms with Gasteiger partial charge in [0, 0.05) is 17.0 Å². The highest BCUT2D eigenvalue weighted by Crippen LogP contribution is 2.60. The molecule has 2 aromatic carbocycles. The molecule has 0 aliphatic heterocycles. The van der Waals surface area contributed by atoms with Gasteiger partial charge in [-0.3, -0.25) is 0 Å². The summed E-state index contributed by atoms with van der Waals surface area (Å²) in [6, 6.07) is 6.89. The zero-order valence-electron chi connectivity index (χ0n) is 20.2. The molecule has 8 heteroatoms. The van der Waals surface area contributed by atoms with Gasteiger partial charge in [0.2, 0.25) is 0 Å². The van der Waals surface area contributed by atoms with Gasteiger partial charge in [-0.15, -0.1) is 0 Å². The maximum absolute atomic E-state index is 13.6. The normalized spacial score (nSPS) is 29.5. The number of phenolic OH excluding ortho intramolecular Hbond substituents is 1. The van der Waals surface area contributed by atoms with E-state index in [1.165, 1.54) is 12.1 Å². The van der Waals surface area contributed by atoms with Crippen LogP contribution in [-0.4, -0.2) is 30.7 Å². The molecule has 0 spiro atoms. The summed E-state index contributed by atoms with van der Waals surface area (Å²) in [6.07, 6.45) is 4.62. The summed E-state index contributed by atoms with van der Waals surface area (Å²) >= 11 is 0. The monoisotopic (exact) mass is 484 g/mol. The number of hydrogen-bond donors (Lipinski definition) is 1.